The third kappa shape index (κ3) is 4.70. The fourth-order valence-electron chi connectivity index (χ4n) is 1.16. The molecule has 0 radical (unpaired) electrons. The van der Waals surface area contributed by atoms with Crippen LogP contribution in [0.1, 0.15) is 12.5 Å². The molecule has 0 bridgehead atoms. The van der Waals surface area contributed by atoms with Gasteiger partial charge in [-0.15, -0.1) is 0 Å². The highest BCUT2D eigenvalue weighted by Gasteiger charge is 2.16. The molecule has 0 fully saturated rings. The lowest BCUT2D eigenvalue weighted by Gasteiger charge is -1.97. The van der Waals surface area contributed by atoms with Gasteiger partial charge in [0.2, 0.25) is 17.3 Å². The van der Waals surface area contributed by atoms with Crippen LogP contribution >= 0.6 is 23.2 Å². The molecule has 2 rings (SSSR count). The zero-order valence-corrected chi connectivity index (χ0v) is 11.7. The van der Waals surface area contributed by atoms with Crippen LogP contribution in [0.3, 0.4) is 0 Å². The van der Waals surface area contributed by atoms with Crippen molar-refractivity contribution in [1.82, 2.24) is 0 Å². The number of hydrogen-bond acceptors (Lipinski definition) is 5. The predicted molar refractivity (Wildman–Crippen MR) is 71.3 cm³/mol. The SMILES string of the molecule is CC(C(=O)Cl)C(=O)Cl.NCc1ccc2c(c1)OCO2. The van der Waals surface area contributed by atoms with Gasteiger partial charge in [0, 0.05) is 6.54 Å². The minimum Gasteiger partial charge on any atom is -0.454 e. The molecule has 0 spiro atoms. The summed E-state index contributed by atoms with van der Waals surface area (Å²) in [6, 6.07) is 5.72. The second-order valence-electron chi connectivity index (χ2n) is 3.72. The molecular formula is C12H13Cl2NO4. The molecule has 0 amide bonds. The number of carbonyl (C=O) groups excluding carboxylic acids is 2. The van der Waals surface area contributed by atoms with Crippen molar-refractivity contribution in [2.24, 2.45) is 11.7 Å². The van der Waals surface area contributed by atoms with Gasteiger partial charge in [-0.1, -0.05) is 6.07 Å². The van der Waals surface area contributed by atoms with Gasteiger partial charge in [-0.2, -0.15) is 0 Å². The van der Waals surface area contributed by atoms with Gasteiger partial charge in [0.1, 0.15) is 5.92 Å². The van der Waals surface area contributed by atoms with Crippen LogP contribution in [0, 0.1) is 5.92 Å². The van der Waals surface area contributed by atoms with E-state index in [9.17, 15) is 9.59 Å². The molecule has 1 heterocycles. The number of nitrogens with two attached hydrogens (primary N) is 1. The molecule has 0 aliphatic carbocycles. The number of rotatable bonds is 3. The number of fused-ring (bicyclic) bond motifs is 1. The van der Waals surface area contributed by atoms with Gasteiger partial charge in [-0.25, -0.2) is 0 Å². The van der Waals surface area contributed by atoms with Crippen LogP contribution in [0.25, 0.3) is 0 Å². The lowest BCUT2D eigenvalue weighted by Crippen LogP contribution is -2.10. The van der Waals surface area contributed by atoms with Crippen molar-refractivity contribution < 1.29 is 19.1 Å². The zero-order valence-electron chi connectivity index (χ0n) is 10.2. The summed E-state index contributed by atoms with van der Waals surface area (Å²) in [7, 11) is 0. The van der Waals surface area contributed by atoms with Crippen molar-refractivity contribution in [3.63, 3.8) is 0 Å². The summed E-state index contributed by atoms with van der Waals surface area (Å²) >= 11 is 9.76. The van der Waals surface area contributed by atoms with Crippen molar-refractivity contribution in [3.8, 4) is 11.5 Å². The van der Waals surface area contributed by atoms with Crippen molar-refractivity contribution in [2.75, 3.05) is 6.79 Å². The summed E-state index contributed by atoms with van der Waals surface area (Å²) in [4.78, 5) is 20.1. The second kappa shape index (κ2) is 7.33. The van der Waals surface area contributed by atoms with E-state index in [2.05, 4.69) is 0 Å². The molecule has 19 heavy (non-hydrogen) atoms. The molecule has 5 nitrogen and oxygen atoms in total. The summed E-state index contributed by atoms with van der Waals surface area (Å²) in [5.41, 5.74) is 6.51. The fraction of sp³-hybridized carbons (Fsp3) is 0.333. The molecule has 1 aliphatic heterocycles. The minimum absolute atomic E-state index is 0.323. The molecule has 1 aromatic rings. The van der Waals surface area contributed by atoms with Gasteiger partial charge in [0.15, 0.2) is 11.5 Å². The summed E-state index contributed by atoms with van der Waals surface area (Å²) in [6.07, 6.45) is 0. The summed E-state index contributed by atoms with van der Waals surface area (Å²) in [6.45, 7) is 2.21. The Morgan fingerprint density at radius 3 is 2.32 bits per heavy atom. The van der Waals surface area contributed by atoms with E-state index in [0.717, 1.165) is 17.1 Å². The Labute approximate surface area is 120 Å². The Morgan fingerprint density at radius 2 is 1.84 bits per heavy atom. The van der Waals surface area contributed by atoms with Crippen LogP contribution in [-0.4, -0.2) is 17.3 Å². The summed E-state index contributed by atoms with van der Waals surface area (Å²) < 4.78 is 10.3. The van der Waals surface area contributed by atoms with Crippen molar-refractivity contribution in [2.45, 2.75) is 13.5 Å². The molecule has 104 valence electrons. The zero-order chi connectivity index (χ0) is 14.4. The van der Waals surface area contributed by atoms with E-state index in [1.165, 1.54) is 6.92 Å². The van der Waals surface area contributed by atoms with Crippen LogP contribution in [-0.2, 0) is 16.1 Å². The first-order valence-corrected chi connectivity index (χ1v) is 6.18. The number of halogens is 2. The Hall–Kier alpha value is -1.30. The first kappa shape index (κ1) is 15.8. The monoisotopic (exact) mass is 305 g/mol. The van der Waals surface area contributed by atoms with Gasteiger partial charge in [0.05, 0.1) is 0 Å². The minimum atomic E-state index is -0.877. The summed E-state index contributed by atoms with van der Waals surface area (Å²) in [5, 5.41) is -1.44. The number of hydrogen-bond donors (Lipinski definition) is 1. The Morgan fingerprint density at radius 1 is 1.26 bits per heavy atom. The van der Waals surface area contributed by atoms with Crippen molar-refractivity contribution in [1.29, 1.82) is 0 Å². The lowest BCUT2D eigenvalue weighted by atomic mass is 10.2. The van der Waals surface area contributed by atoms with Gasteiger partial charge in [-0.3, -0.25) is 9.59 Å². The van der Waals surface area contributed by atoms with Gasteiger partial charge >= 0.3 is 0 Å². The Balaban J connectivity index is 0.000000203. The van der Waals surface area contributed by atoms with E-state index in [1.54, 1.807) is 0 Å². The number of benzene rings is 1. The van der Waals surface area contributed by atoms with E-state index < -0.39 is 16.4 Å². The number of carbonyl (C=O) groups is 2. The van der Waals surface area contributed by atoms with Gasteiger partial charge < -0.3 is 15.2 Å². The quantitative estimate of drug-likeness (QED) is 0.683. The molecule has 0 saturated carbocycles. The van der Waals surface area contributed by atoms with E-state index >= 15 is 0 Å². The third-order valence-corrected chi connectivity index (χ3v) is 3.01. The average molecular weight is 306 g/mol. The molecule has 7 heteroatoms. The molecule has 0 aromatic heterocycles. The maximum atomic E-state index is 10.0. The molecule has 0 unspecified atom stereocenters. The van der Waals surface area contributed by atoms with Gasteiger partial charge in [-0.05, 0) is 47.8 Å². The number of ether oxygens (including phenoxy) is 2. The second-order valence-corrected chi connectivity index (χ2v) is 4.47. The molecule has 0 atom stereocenters. The van der Waals surface area contributed by atoms with Crippen molar-refractivity contribution >= 4 is 33.7 Å². The highest BCUT2D eigenvalue weighted by molar-refractivity contribution is 6.73. The molecular weight excluding hydrogens is 293 g/mol. The maximum absolute atomic E-state index is 10.0. The largest absolute Gasteiger partial charge is 0.454 e. The molecule has 1 aliphatic rings. The lowest BCUT2D eigenvalue weighted by molar-refractivity contribution is -0.123. The van der Waals surface area contributed by atoms with Crippen LogP contribution in [0.15, 0.2) is 18.2 Å². The molecule has 2 N–H and O–H groups in total. The Kier molecular flexibility index (Phi) is 6.08. The molecule has 1 aromatic carbocycles. The average Bonchev–Trinajstić information content (AvgIpc) is 2.85. The van der Waals surface area contributed by atoms with E-state index in [1.807, 2.05) is 18.2 Å². The standard InChI is InChI=1S/C8H9NO2.C4H4Cl2O2/c9-4-6-1-2-7-8(3-6)11-5-10-7;1-2(3(5)7)4(6)8/h1-3H,4-5,9H2;2H,1H3. The smallest absolute Gasteiger partial charge is 0.233 e. The van der Waals surface area contributed by atoms with E-state index in [0.29, 0.717) is 13.3 Å². The van der Waals surface area contributed by atoms with Gasteiger partial charge in [0.25, 0.3) is 0 Å². The van der Waals surface area contributed by atoms with E-state index in [-0.39, 0.29) is 0 Å². The fourth-order valence-corrected chi connectivity index (χ4v) is 1.41. The predicted octanol–water partition coefficient (Wildman–Crippen LogP) is 2.03. The maximum Gasteiger partial charge on any atom is 0.233 e. The topological polar surface area (TPSA) is 78.6 Å². The van der Waals surface area contributed by atoms with Crippen LogP contribution in [0.4, 0.5) is 0 Å². The normalized spacial score (nSPS) is 11.8. The van der Waals surface area contributed by atoms with Crippen LogP contribution in [0.5, 0.6) is 11.5 Å². The Bertz CT molecular complexity index is 465. The summed E-state index contributed by atoms with van der Waals surface area (Å²) in [5.74, 6) is 0.730. The molecule has 0 saturated heterocycles. The van der Waals surface area contributed by atoms with Crippen LogP contribution in [0.2, 0.25) is 0 Å². The third-order valence-electron chi connectivity index (χ3n) is 2.35. The first-order valence-electron chi connectivity index (χ1n) is 5.43. The first-order chi connectivity index (χ1) is 8.95. The van der Waals surface area contributed by atoms with Crippen LogP contribution < -0.4 is 15.2 Å². The highest BCUT2D eigenvalue weighted by atomic mass is 35.5. The van der Waals surface area contributed by atoms with Crippen molar-refractivity contribution in [3.05, 3.63) is 23.8 Å². The van der Waals surface area contributed by atoms with E-state index in [4.69, 9.17) is 38.4 Å². The highest BCUT2D eigenvalue weighted by Crippen LogP contribution is 2.32.